The molecule has 82 valence electrons. The van der Waals surface area contributed by atoms with Crippen LogP contribution in [0.4, 0.5) is 5.69 Å². The lowest BCUT2D eigenvalue weighted by Crippen LogP contribution is -1.98. The van der Waals surface area contributed by atoms with Gasteiger partial charge in [-0.1, -0.05) is 0 Å². The lowest BCUT2D eigenvalue weighted by atomic mass is 10.2. The fraction of sp³-hybridized carbons (Fsp3) is 0.0833. The zero-order chi connectivity index (χ0) is 12.7. The van der Waals surface area contributed by atoms with Crippen LogP contribution in [0, 0.1) is 34.0 Å². The highest BCUT2D eigenvalue weighted by molar-refractivity contribution is 8.02. The summed E-state index contributed by atoms with van der Waals surface area (Å²) in [6.45, 7) is 0. The number of nitrogens with zero attached hydrogens (tertiary/aromatic N) is 3. The van der Waals surface area contributed by atoms with Gasteiger partial charge in [-0.25, -0.2) is 0 Å². The molecule has 0 fully saturated rings. The van der Waals surface area contributed by atoms with Gasteiger partial charge >= 0.3 is 0 Å². The Morgan fingerprint density at radius 3 is 2.12 bits per heavy atom. The number of hydrogen-bond donors (Lipinski definition) is 1. The van der Waals surface area contributed by atoms with E-state index in [1.807, 2.05) is 18.2 Å². The second-order valence-electron chi connectivity index (χ2n) is 2.95. The van der Waals surface area contributed by atoms with Gasteiger partial charge in [-0.3, -0.25) is 0 Å². The van der Waals surface area contributed by atoms with Gasteiger partial charge in [-0.2, -0.15) is 15.8 Å². The summed E-state index contributed by atoms with van der Waals surface area (Å²) in [7, 11) is 0. The van der Waals surface area contributed by atoms with Gasteiger partial charge in [0.2, 0.25) is 0 Å². The number of rotatable bonds is 3. The van der Waals surface area contributed by atoms with E-state index in [1.165, 1.54) is 11.8 Å². The number of hydrogen-bond acceptors (Lipinski definition) is 5. The Balaban J connectivity index is 2.98. The second-order valence-corrected chi connectivity index (χ2v) is 3.76. The first kappa shape index (κ1) is 12.6. The highest BCUT2D eigenvalue weighted by Gasteiger charge is 2.05. The van der Waals surface area contributed by atoms with Crippen molar-refractivity contribution in [3.63, 3.8) is 0 Å². The van der Waals surface area contributed by atoms with Gasteiger partial charge in [-0.05, 0) is 30.5 Å². The van der Waals surface area contributed by atoms with Crippen molar-refractivity contribution < 1.29 is 0 Å². The Hall–Kier alpha value is -2.42. The minimum atomic E-state index is 0.0434. The van der Waals surface area contributed by atoms with Crippen molar-refractivity contribution in [2.45, 2.75) is 0 Å². The molecule has 1 aromatic rings. The average Bonchev–Trinajstić information content (AvgIpc) is 2.39. The van der Waals surface area contributed by atoms with Crippen LogP contribution in [0.25, 0.3) is 0 Å². The maximum absolute atomic E-state index is 8.76. The van der Waals surface area contributed by atoms with E-state index in [-0.39, 0.29) is 5.57 Å². The molecule has 0 radical (unpaired) electrons. The van der Waals surface area contributed by atoms with E-state index in [2.05, 4.69) is 5.32 Å². The first-order valence-electron chi connectivity index (χ1n) is 4.60. The molecule has 17 heavy (non-hydrogen) atoms. The quantitative estimate of drug-likeness (QED) is 0.821. The monoisotopic (exact) mass is 240 g/mol. The lowest BCUT2D eigenvalue weighted by molar-refractivity contribution is 1.43. The molecule has 0 aromatic heterocycles. The molecule has 0 aliphatic heterocycles. The minimum absolute atomic E-state index is 0.0434. The highest BCUT2D eigenvalue weighted by atomic mass is 32.2. The number of thioether (sulfide) groups is 1. The summed E-state index contributed by atoms with van der Waals surface area (Å²) >= 11 is 1.29. The Kier molecular flexibility index (Phi) is 4.63. The normalized spacial score (nSPS) is 8.35. The molecule has 5 heteroatoms. The van der Waals surface area contributed by atoms with Crippen LogP contribution >= 0.6 is 11.8 Å². The third-order valence-electron chi connectivity index (χ3n) is 1.93. The Morgan fingerprint density at radius 2 is 1.71 bits per heavy atom. The van der Waals surface area contributed by atoms with Crippen molar-refractivity contribution in [3.05, 3.63) is 40.4 Å². The smallest absolute Gasteiger partial charge is 0.159 e. The van der Waals surface area contributed by atoms with Crippen LogP contribution in [-0.4, -0.2) is 6.26 Å². The van der Waals surface area contributed by atoms with E-state index in [0.29, 0.717) is 10.6 Å². The van der Waals surface area contributed by atoms with E-state index >= 15 is 0 Å². The fourth-order valence-corrected chi connectivity index (χ4v) is 1.62. The molecular formula is C12H8N4S. The summed E-state index contributed by atoms with van der Waals surface area (Å²) in [5.41, 5.74) is 1.34. The summed E-state index contributed by atoms with van der Waals surface area (Å²) < 4.78 is 0. The molecule has 0 saturated carbocycles. The van der Waals surface area contributed by atoms with E-state index in [1.54, 1.807) is 30.5 Å². The zero-order valence-corrected chi connectivity index (χ0v) is 9.88. The van der Waals surface area contributed by atoms with Gasteiger partial charge < -0.3 is 5.32 Å². The molecule has 1 N–H and O–H groups in total. The summed E-state index contributed by atoms with van der Waals surface area (Å²) in [6.07, 6.45) is 1.78. The Labute approximate surface area is 104 Å². The molecule has 1 rings (SSSR count). The van der Waals surface area contributed by atoms with Crippen molar-refractivity contribution in [3.8, 4) is 18.2 Å². The molecular weight excluding hydrogens is 232 g/mol. The van der Waals surface area contributed by atoms with Gasteiger partial charge in [0.05, 0.1) is 11.6 Å². The van der Waals surface area contributed by atoms with Crippen LogP contribution in [0.5, 0.6) is 0 Å². The number of nitriles is 3. The molecule has 0 unspecified atom stereocenters. The lowest BCUT2D eigenvalue weighted by Gasteiger charge is -2.08. The van der Waals surface area contributed by atoms with Crippen molar-refractivity contribution in [2.24, 2.45) is 0 Å². The van der Waals surface area contributed by atoms with Crippen LogP contribution in [-0.2, 0) is 0 Å². The zero-order valence-electron chi connectivity index (χ0n) is 9.06. The van der Waals surface area contributed by atoms with Crippen LogP contribution < -0.4 is 5.32 Å². The number of benzene rings is 1. The van der Waals surface area contributed by atoms with Gasteiger partial charge in [0.1, 0.15) is 17.2 Å². The van der Waals surface area contributed by atoms with Crippen molar-refractivity contribution in [1.29, 1.82) is 15.8 Å². The molecule has 0 amide bonds. The van der Waals surface area contributed by atoms with Crippen LogP contribution in [0.15, 0.2) is 34.9 Å². The topological polar surface area (TPSA) is 83.4 Å². The first-order chi connectivity index (χ1) is 8.24. The Bertz CT molecular complexity index is 536. The van der Waals surface area contributed by atoms with E-state index in [0.717, 1.165) is 5.69 Å². The molecule has 0 aliphatic carbocycles. The van der Waals surface area contributed by atoms with E-state index in [4.69, 9.17) is 15.8 Å². The van der Waals surface area contributed by atoms with Crippen molar-refractivity contribution in [2.75, 3.05) is 11.6 Å². The largest absolute Gasteiger partial charge is 0.349 e. The fourth-order valence-electron chi connectivity index (χ4n) is 1.10. The summed E-state index contributed by atoms with van der Waals surface area (Å²) in [5, 5.41) is 29.6. The summed E-state index contributed by atoms with van der Waals surface area (Å²) in [5.74, 6) is 0. The predicted octanol–water partition coefficient (Wildman–Crippen LogP) is 2.59. The van der Waals surface area contributed by atoms with Crippen LogP contribution in [0.1, 0.15) is 5.56 Å². The van der Waals surface area contributed by atoms with E-state index in [9.17, 15) is 0 Å². The highest BCUT2D eigenvalue weighted by Crippen LogP contribution is 2.20. The molecule has 0 spiro atoms. The molecule has 0 aliphatic rings. The molecule has 0 heterocycles. The van der Waals surface area contributed by atoms with Gasteiger partial charge in [0.15, 0.2) is 5.57 Å². The molecule has 0 atom stereocenters. The molecule has 1 aromatic carbocycles. The van der Waals surface area contributed by atoms with Crippen LogP contribution in [0.3, 0.4) is 0 Å². The predicted molar refractivity (Wildman–Crippen MR) is 66.5 cm³/mol. The summed E-state index contributed by atoms with van der Waals surface area (Å²) in [6, 6.07) is 12.5. The van der Waals surface area contributed by atoms with Crippen LogP contribution in [0.2, 0.25) is 0 Å². The molecule has 4 nitrogen and oxygen atoms in total. The van der Waals surface area contributed by atoms with E-state index < -0.39 is 0 Å². The molecule has 0 saturated heterocycles. The van der Waals surface area contributed by atoms with Crippen molar-refractivity contribution in [1.82, 2.24) is 0 Å². The van der Waals surface area contributed by atoms with Gasteiger partial charge in [0, 0.05) is 5.69 Å². The maximum Gasteiger partial charge on any atom is 0.159 e. The second kappa shape index (κ2) is 6.23. The number of anilines is 1. The SMILES string of the molecule is CSC(Nc1ccc(C#N)cc1)=C(C#N)C#N. The van der Waals surface area contributed by atoms with Gasteiger partial charge in [-0.15, -0.1) is 11.8 Å². The number of allylic oxidation sites excluding steroid dienone is 1. The Morgan fingerprint density at radius 1 is 1.12 bits per heavy atom. The summed E-state index contributed by atoms with van der Waals surface area (Å²) in [4.78, 5) is 0. The number of nitrogens with one attached hydrogen (secondary N) is 1. The maximum atomic E-state index is 8.76. The van der Waals surface area contributed by atoms with Crippen molar-refractivity contribution >= 4 is 17.4 Å². The standard InChI is InChI=1S/C12H8N4S/c1-17-12(10(7-14)8-15)16-11-4-2-9(6-13)3-5-11/h2-5,16H,1H3. The minimum Gasteiger partial charge on any atom is -0.349 e. The molecule has 0 bridgehead atoms. The third-order valence-corrected chi connectivity index (χ3v) is 2.64. The van der Waals surface area contributed by atoms with Gasteiger partial charge in [0.25, 0.3) is 0 Å². The first-order valence-corrected chi connectivity index (χ1v) is 5.83. The third kappa shape index (κ3) is 3.28. The average molecular weight is 240 g/mol.